The van der Waals surface area contributed by atoms with E-state index < -0.39 is 5.97 Å². The summed E-state index contributed by atoms with van der Waals surface area (Å²) >= 11 is 7.32. The Balaban J connectivity index is 1.73. The number of carboxylic acids is 1. The average molecular weight is 360 g/mol. The van der Waals surface area contributed by atoms with Gasteiger partial charge in [-0.3, -0.25) is 0 Å². The molecule has 24 heavy (non-hydrogen) atoms. The third-order valence-electron chi connectivity index (χ3n) is 3.54. The maximum absolute atomic E-state index is 11.5. The summed E-state index contributed by atoms with van der Waals surface area (Å²) < 4.78 is 7.62. The molecule has 1 aromatic carbocycles. The van der Waals surface area contributed by atoms with E-state index in [2.05, 4.69) is 10.1 Å². The van der Waals surface area contributed by atoms with Gasteiger partial charge in [0.2, 0.25) is 5.82 Å². The van der Waals surface area contributed by atoms with Crippen LogP contribution in [0.3, 0.4) is 0 Å². The van der Waals surface area contributed by atoms with Crippen LogP contribution in [-0.4, -0.2) is 25.8 Å². The number of rotatable bonds is 4. The number of benzene rings is 1. The molecule has 0 aliphatic heterocycles. The molecule has 0 radical (unpaired) electrons. The first-order chi connectivity index (χ1) is 11.6. The van der Waals surface area contributed by atoms with Crippen molar-refractivity contribution >= 4 is 39.9 Å². The molecule has 3 heterocycles. The van der Waals surface area contributed by atoms with Gasteiger partial charge < -0.3 is 14.2 Å². The monoisotopic (exact) mass is 359 g/mol. The fourth-order valence-electron chi connectivity index (χ4n) is 2.51. The molecule has 0 saturated heterocycles. The van der Waals surface area contributed by atoms with E-state index in [0.29, 0.717) is 21.3 Å². The SMILES string of the molecule is O=C(O)c1nc2ccccc2n1Cc1cc(-c2ccc(Cl)s2)on1. The minimum atomic E-state index is -1.08. The molecule has 0 spiro atoms. The van der Waals surface area contributed by atoms with Crippen LogP contribution in [0.15, 0.2) is 47.0 Å². The van der Waals surface area contributed by atoms with E-state index in [1.807, 2.05) is 24.3 Å². The molecule has 0 aliphatic carbocycles. The summed E-state index contributed by atoms with van der Waals surface area (Å²) in [5, 5.41) is 13.4. The van der Waals surface area contributed by atoms with Crippen LogP contribution in [0.1, 0.15) is 16.3 Å². The van der Waals surface area contributed by atoms with Crippen LogP contribution in [0.25, 0.3) is 21.7 Å². The Morgan fingerprint density at radius 2 is 2.12 bits per heavy atom. The zero-order valence-electron chi connectivity index (χ0n) is 12.1. The minimum Gasteiger partial charge on any atom is -0.475 e. The van der Waals surface area contributed by atoms with Crippen molar-refractivity contribution in [3.8, 4) is 10.6 Å². The summed E-state index contributed by atoms with van der Waals surface area (Å²) in [6.45, 7) is 0.255. The molecule has 6 nitrogen and oxygen atoms in total. The molecule has 8 heteroatoms. The van der Waals surface area contributed by atoms with Gasteiger partial charge in [0.15, 0.2) is 5.76 Å². The van der Waals surface area contributed by atoms with E-state index in [1.165, 1.54) is 11.3 Å². The molecule has 1 N–H and O–H groups in total. The first-order valence-electron chi connectivity index (χ1n) is 7.01. The second-order valence-corrected chi connectivity index (χ2v) is 6.82. The van der Waals surface area contributed by atoms with Crippen molar-refractivity contribution in [3.05, 3.63) is 58.3 Å². The molecule has 4 rings (SSSR count). The smallest absolute Gasteiger partial charge is 0.372 e. The topological polar surface area (TPSA) is 81.1 Å². The number of carbonyl (C=O) groups is 1. The highest BCUT2D eigenvalue weighted by atomic mass is 35.5. The predicted octanol–water partition coefficient (Wildman–Crippen LogP) is 4.15. The van der Waals surface area contributed by atoms with E-state index in [4.69, 9.17) is 16.1 Å². The lowest BCUT2D eigenvalue weighted by molar-refractivity contribution is 0.0679. The number of aromatic carboxylic acids is 1. The summed E-state index contributed by atoms with van der Waals surface area (Å²) in [6, 6.07) is 12.7. The van der Waals surface area contributed by atoms with Crippen LogP contribution in [-0.2, 0) is 6.54 Å². The lowest BCUT2D eigenvalue weighted by Gasteiger charge is -2.03. The Bertz CT molecular complexity index is 1050. The van der Waals surface area contributed by atoms with Crippen molar-refractivity contribution in [2.24, 2.45) is 0 Å². The van der Waals surface area contributed by atoms with E-state index in [-0.39, 0.29) is 12.4 Å². The summed E-state index contributed by atoms with van der Waals surface area (Å²) in [4.78, 5) is 16.5. The summed E-state index contributed by atoms with van der Waals surface area (Å²) in [5.74, 6) is -0.511. The third-order valence-corrected chi connectivity index (χ3v) is 4.79. The van der Waals surface area contributed by atoms with Gasteiger partial charge in [0.1, 0.15) is 5.69 Å². The van der Waals surface area contributed by atoms with Gasteiger partial charge in [-0.1, -0.05) is 28.9 Å². The van der Waals surface area contributed by atoms with Crippen LogP contribution in [0.5, 0.6) is 0 Å². The fraction of sp³-hybridized carbons (Fsp3) is 0.0625. The second-order valence-electron chi connectivity index (χ2n) is 5.10. The van der Waals surface area contributed by atoms with Crippen molar-refractivity contribution in [2.75, 3.05) is 0 Å². The Kier molecular flexibility index (Phi) is 3.59. The molecule has 0 aliphatic rings. The predicted molar refractivity (Wildman–Crippen MR) is 90.6 cm³/mol. The van der Waals surface area contributed by atoms with Crippen LogP contribution < -0.4 is 0 Å². The second kappa shape index (κ2) is 5.77. The van der Waals surface area contributed by atoms with Crippen molar-refractivity contribution < 1.29 is 14.4 Å². The van der Waals surface area contributed by atoms with E-state index in [0.717, 1.165) is 10.4 Å². The summed E-state index contributed by atoms with van der Waals surface area (Å²) in [7, 11) is 0. The Morgan fingerprint density at radius 3 is 2.88 bits per heavy atom. The molecule has 0 saturated carbocycles. The molecular formula is C16H10ClN3O3S. The molecule has 4 aromatic rings. The number of thiophene rings is 1. The quantitative estimate of drug-likeness (QED) is 0.592. The molecule has 120 valence electrons. The van der Waals surface area contributed by atoms with Crippen LogP contribution >= 0.6 is 22.9 Å². The minimum absolute atomic E-state index is 0.0279. The van der Waals surface area contributed by atoms with E-state index in [1.54, 1.807) is 22.8 Å². The maximum Gasteiger partial charge on any atom is 0.372 e. The van der Waals surface area contributed by atoms with Crippen LogP contribution in [0.4, 0.5) is 0 Å². The Labute approximate surface area is 144 Å². The lowest BCUT2D eigenvalue weighted by Crippen LogP contribution is -2.10. The molecule has 3 aromatic heterocycles. The standard InChI is InChI=1S/C16H10ClN3O3S/c17-14-6-5-13(24-14)12-7-9(19-23-12)8-20-11-4-2-1-3-10(11)18-15(20)16(21)22/h1-7H,8H2,(H,21,22). The van der Waals surface area contributed by atoms with Gasteiger partial charge >= 0.3 is 5.97 Å². The highest BCUT2D eigenvalue weighted by molar-refractivity contribution is 7.19. The van der Waals surface area contributed by atoms with Gasteiger partial charge in [0, 0.05) is 6.07 Å². The van der Waals surface area contributed by atoms with Gasteiger partial charge in [-0.2, -0.15) is 0 Å². The number of hydrogen-bond donors (Lipinski definition) is 1. The normalized spacial score (nSPS) is 11.2. The van der Waals surface area contributed by atoms with Crippen molar-refractivity contribution in [1.82, 2.24) is 14.7 Å². The molecule has 0 fully saturated rings. The zero-order chi connectivity index (χ0) is 16.7. The third kappa shape index (κ3) is 2.57. The van der Waals surface area contributed by atoms with Crippen molar-refractivity contribution in [1.29, 1.82) is 0 Å². The molecule has 0 bridgehead atoms. The maximum atomic E-state index is 11.5. The first kappa shape index (κ1) is 14.9. The molecule has 0 amide bonds. The van der Waals surface area contributed by atoms with Crippen molar-refractivity contribution in [2.45, 2.75) is 6.54 Å². The Hall–Kier alpha value is -2.64. The van der Waals surface area contributed by atoms with Crippen LogP contribution in [0, 0.1) is 0 Å². The Morgan fingerprint density at radius 1 is 1.29 bits per heavy atom. The largest absolute Gasteiger partial charge is 0.475 e. The lowest BCUT2D eigenvalue weighted by atomic mass is 10.3. The molecular weight excluding hydrogens is 350 g/mol. The summed E-state index contributed by atoms with van der Waals surface area (Å²) in [6.07, 6.45) is 0. The number of carboxylic acid groups (broad SMARTS) is 1. The molecule has 0 unspecified atom stereocenters. The number of fused-ring (bicyclic) bond motifs is 1. The van der Waals surface area contributed by atoms with Gasteiger partial charge in [-0.15, -0.1) is 11.3 Å². The number of hydrogen-bond acceptors (Lipinski definition) is 5. The highest BCUT2D eigenvalue weighted by Gasteiger charge is 2.18. The van der Waals surface area contributed by atoms with Gasteiger partial charge in [-0.05, 0) is 24.3 Å². The number of nitrogens with zero attached hydrogens (tertiary/aromatic N) is 3. The zero-order valence-corrected chi connectivity index (χ0v) is 13.7. The van der Waals surface area contributed by atoms with Gasteiger partial charge in [0.05, 0.1) is 26.8 Å². The van der Waals surface area contributed by atoms with Gasteiger partial charge in [0.25, 0.3) is 0 Å². The van der Waals surface area contributed by atoms with E-state index in [9.17, 15) is 9.90 Å². The summed E-state index contributed by atoms with van der Waals surface area (Å²) in [5.41, 5.74) is 1.97. The van der Waals surface area contributed by atoms with Crippen LogP contribution in [0.2, 0.25) is 4.34 Å². The highest BCUT2D eigenvalue weighted by Crippen LogP contribution is 2.31. The van der Waals surface area contributed by atoms with E-state index >= 15 is 0 Å². The first-order valence-corrected chi connectivity index (χ1v) is 8.21. The average Bonchev–Trinajstić information content (AvgIpc) is 3.27. The van der Waals surface area contributed by atoms with Crippen molar-refractivity contribution in [3.63, 3.8) is 0 Å². The number of imidazole rings is 1. The fourth-order valence-corrected chi connectivity index (χ4v) is 3.50. The number of aromatic nitrogens is 3. The number of para-hydroxylation sites is 2. The number of halogens is 1. The van der Waals surface area contributed by atoms with Gasteiger partial charge in [-0.25, -0.2) is 9.78 Å². The molecule has 0 atom stereocenters.